The summed E-state index contributed by atoms with van der Waals surface area (Å²) in [5.41, 5.74) is -0.0865. The van der Waals surface area contributed by atoms with Crippen LogP contribution >= 0.6 is 8.53 Å². The van der Waals surface area contributed by atoms with Gasteiger partial charge in [0, 0.05) is 30.3 Å². The van der Waals surface area contributed by atoms with Gasteiger partial charge in [0.05, 0.1) is 31.8 Å². The van der Waals surface area contributed by atoms with Gasteiger partial charge in [-0.3, -0.25) is 9.36 Å². The second kappa shape index (κ2) is 15.7. The molecular formula is C31H48N5O6PSi. The van der Waals surface area contributed by atoms with Gasteiger partial charge in [-0.05, 0) is 64.0 Å². The molecule has 1 aromatic carbocycles. The minimum absolute atomic E-state index is 0.00133. The third-order valence-corrected chi connectivity index (χ3v) is 14.6. The van der Waals surface area contributed by atoms with Crippen LogP contribution in [0.2, 0.25) is 18.1 Å². The molecule has 1 saturated heterocycles. The molecule has 1 amide bonds. The molecule has 1 aliphatic heterocycles. The highest BCUT2D eigenvalue weighted by Crippen LogP contribution is 2.50. The SMILES string of the molecule is CC(C)N(C(C)C)P(OCCC#N)O[C@H]1C[C@H](n2ccc(NC(=O)c3ccccc3)nc2=O)O[C@@H]1CO[Si](C)(C)C(C)(C)C. The molecular weight excluding hydrogens is 597 g/mol. The van der Waals surface area contributed by atoms with Gasteiger partial charge in [0.15, 0.2) is 8.32 Å². The molecule has 1 unspecified atom stereocenters. The quantitative estimate of drug-likeness (QED) is 0.140. The number of benzene rings is 1. The summed E-state index contributed by atoms with van der Waals surface area (Å²) in [4.78, 5) is 29.9. The molecule has 13 heteroatoms. The number of rotatable bonds is 14. The lowest BCUT2D eigenvalue weighted by atomic mass is 10.2. The molecule has 0 spiro atoms. The van der Waals surface area contributed by atoms with E-state index in [9.17, 15) is 9.59 Å². The van der Waals surface area contributed by atoms with Gasteiger partial charge in [-0.15, -0.1) is 0 Å². The van der Waals surface area contributed by atoms with E-state index in [-0.39, 0.29) is 41.9 Å². The highest BCUT2D eigenvalue weighted by atomic mass is 31.2. The molecule has 0 saturated carbocycles. The predicted octanol–water partition coefficient (Wildman–Crippen LogP) is 6.47. The van der Waals surface area contributed by atoms with E-state index in [1.54, 1.807) is 36.5 Å². The highest BCUT2D eigenvalue weighted by Gasteiger charge is 2.44. The summed E-state index contributed by atoms with van der Waals surface area (Å²) in [6.45, 7) is 19.8. The van der Waals surface area contributed by atoms with Gasteiger partial charge in [0.25, 0.3) is 14.4 Å². The maximum Gasteiger partial charge on any atom is 0.351 e. The number of ether oxygens (including phenoxy) is 1. The fraction of sp³-hybridized carbons (Fsp3) is 0.613. The normalized spacial score (nSPS) is 19.8. The Bertz CT molecular complexity index is 1320. The summed E-state index contributed by atoms with van der Waals surface area (Å²) < 4.78 is 29.5. The van der Waals surface area contributed by atoms with E-state index < -0.39 is 41.0 Å². The van der Waals surface area contributed by atoms with Crippen molar-refractivity contribution in [3.05, 3.63) is 58.6 Å². The van der Waals surface area contributed by atoms with Crippen LogP contribution in [0.5, 0.6) is 0 Å². The Morgan fingerprint density at radius 1 is 1.20 bits per heavy atom. The number of carbonyl (C=O) groups excluding carboxylic acids is 1. The van der Waals surface area contributed by atoms with E-state index in [4.69, 9.17) is 23.5 Å². The average molecular weight is 646 g/mol. The Hall–Kier alpha value is -2.49. The Morgan fingerprint density at radius 3 is 2.43 bits per heavy atom. The molecule has 1 aliphatic rings. The van der Waals surface area contributed by atoms with Crippen LogP contribution in [0, 0.1) is 11.3 Å². The van der Waals surface area contributed by atoms with Crippen LogP contribution in [0.25, 0.3) is 0 Å². The summed E-state index contributed by atoms with van der Waals surface area (Å²) in [7, 11) is -3.66. The molecule has 0 bridgehead atoms. The molecule has 0 aliphatic carbocycles. The van der Waals surface area contributed by atoms with Crippen molar-refractivity contribution >= 4 is 28.6 Å². The van der Waals surface area contributed by atoms with Crippen LogP contribution in [0.4, 0.5) is 5.82 Å². The minimum atomic E-state index is -2.12. The summed E-state index contributed by atoms with van der Waals surface area (Å²) in [5.74, 6) is -0.198. The standard InChI is InChI=1S/C31H48N5O6PSi/c1-22(2)36(23(3)4)43(39-19-13-17-32)42-25-20-28(41-26(25)21-40-44(8,9)31(5,6)7)35-18-16-27(34-30(35)38)33-29(37)24-14-11-10-12-15-24/h10-12,14-16,18,22-23,25-26,28H,13,19-21H2,1-9H3,(H,33,34,37,38)/t25-,26+,28+,43?/m0/s1. The molecule has 1 fully saturated rings. The number of nitriles is 1. The first-order chi connectivity index (χ1) is 20.6. The number of anilines is 1. The van der Waals surface area contributed by atoms with Crippen LogP contribution < -0.4 is 11.0 Å². The first-order valence-electron chi connectivity index (χ1n) is 15.1. The van der Waals surface area contributed by atoms with Crippen molar-refractivity contribution in [2.24, 2.45) is 0 Å². The third kappa shape index (κ3) is 9.50. The molecule has 242 valence electrons. The summed E-state index contributed by atoms with van der Waals surface area (Å²) in [6.07, 6.45) is 0.631. The van der Waals surface area contributed by atoms with Crippen LogP contribution in [0.15, 0.2) is 47.4 Å². The predicted molar refractivity (Wildman–Crippen MR) is 175 cm³/mol. The topological polar surface area (TPSA) is 128 Å². The zero-order valence-electron chi connectivity index (χ0n) is 27.4. The monoisotopic (exact) mass is 645 g/mol. The lowest BCUT2D eigenvalue weighted by Gasteiger charge is -2.39. The number of aromatic nitrogens is 2. The van der Waals surface area contributed by atoms with Gasteiger partial charge >= 0.3 is 5.69 Å². The Balaban J connectivity index is 1.86. The lowest BCUT2D eigenvalue weighted by Crippen LogP contribution is -2.44. The summed E-state index contributed by atoms with van der Waals surface area (Å²) in [6, 6.07) is 12.7. The van der Waals surface area contributed by atoms with Crippen LogP contribution in [-0.2, 0) is 18.2 Å². The van der Waals surface area contributed by atoms with E-state index in [0.717, 1.165) is 0 Å². The number of nitrogens with one attached hydrogen (secondary N) is 1. The zero-order chi connectivity index (χ0) is 32.7. The Kier molecular flexibility index (Phi) is 12.8. The number of amides is 1. The fourth-order valence-corrected chi connectivity index (χ4v) is 7.30. The van der Waals surface area contributed by atoms with Gasteiger partial charge in [-0.2, -0.15) is 10.2 Å². The average Bonchev–Trinajstić information content (AvgIpc) is 3.33. The summed E-state index contributed by atoms with van der Waals surface area (Å²) in [5, 5.41) is 11.8. The molecule has 44 heavy (non-hydrogen) atoms. The van der Waals surface area contributed by atoms with Crippen molar-refractivity contribution in [2.75, 3.05) is 18.5 Å². The molecule has 2 heterocycles. The zero-order valence-corrected chi connectivity index (χ0v) is 29.3. The van der Waals surface area contributed by atoms with Crippen LogP contribution in [0.1, 0.15) is 77.9 Å². The van der Waals surface area contributed by atoms with Crippen molar-refractivity contribution in [1.82, 2.24) is 14.2 Å². The highest BCUT2D eigenvalue weighted by molar-refractivity contribution is 7.44. The maximum absolute atomic E-state index is 13.2. The summed E-state index contributed by atoms with van der Waals surface area (Å²) >= 11 is 0. The van der Waals surface area contributed by atoms with Crippen molar-refractivity contribution in [3.63, 3.8) is 0 Å². The number of carbonyl (C=O) groups is 1. The van der Waals surface area contributed by atoms with Crippen LogP contribution in [0.3, 0.4) is 0 Å². The molecule has 2 aromatic rings. The van der Waals surface area contributed by atoms with E-state index in [1.807, 2.05) is 6.07 Å². The second-order valence-electron chi connectivity index (χ2n) is 12.9. The first-order valence-corrected chi connectivity index (χ1v) is 19.2. The van der Waals surface area contributed by atoms with Crippen LogP contribution in [-0.4, -0.2) is 66.0 Å². The molecule has 1 N–H and O–H groups in total. The van der Waals surface area contributed by atoms with Gasteiger partial charge in [-0.25, -0.2) is 9.46 Å². The first kappa shape index (κ1) is 36.0. The van der Waals surface area contributed by atoms with Gasteiger partial charge in [-0.1, -0.05) is 39.0 Å². The molecule has 11 nitrogen and oxygen atoms in total. The molecule has 4 atom stereocenters. The van der Waals surface area contributed by atoms with E-state index in [1.165, 1.54) is 4.57 Å². The molecule has 3 rings (SSSR count). The minimum Gasteiger partial charge on any atom is -0.414 e. The van der Waals surface area contributed by atoms with Gasteiger partial charge in [0.2, 0.25) is 0 Å². The number of hydrogen-bond acceptors (Lipinski definition) is 9. The number of hydrogen-bond donors (Lipinski definition) is 1. The van der Waals surface area contributed by atoms with Gasteiger partial charge in [0.1, 0.15) is 18.1 Å². The Morgan fingerprint density at radius 2 is 1.86 bits per heavy atom. The van der Waals surface area contributed by atoms with Gasteiger partial charge < -0.3 is 23.5 Å². The van der Waals surface area contributed by atoms with Crippen molar-refractivity contribution in [3.8, 4) is 6.07 Å². The largest absolute Gasteiger partial charge is 0.414 e. The van der Waals surface area contributed by atoms with E-state index in [2.05, 4.69) is 82.6 Å². The Labute approximate surface area is 264 Å². The molecule has 0 radical (unpaired) electrons. The molecule has 1 aromatic heterocycles. The number of nitrogens with zero attached hydrogens (tertiary/aromatic N) is 4. The van der Waals surface area contributed by atoms with Crippen molar-refractivity contribution in [1.29, 1.82) is 5.26 Å². The fourth-order valence-electron chi connectivity index (χ4n) is 4.53. The third-order valence-electron chi connectivity index (χ3n) is 7.90. The van der Waals surface area contributed by atoms with E-state index in [0.29, 0.717) is 18.6 Å². The van der Waals surface area contributed by atoms with Crippen molar-refractivity contribution in [2.45, 2.75) is 110 Å². The lowest BCUT2D eigenvalue weighted by molar-refractivity contribution is -0.0412. The van der Waals surface area contributed by atoms with E-state index >= 15 is 0 Å². The van der Waals surface area contributed by atoms with Crippen molar-refractivity contribution < 1.29 is 23.0 Å². The second-order valence-corrected chi connectivity index (χ2v) is 19.2. The maximum atomic E-state index is 13.2. The smallest absolute Gasteiger partial charge is 0.351 e.